The molecule has 0 bridgehead atoms. The lowest BCUT2D eigenvalue weighted by atomic mass is 10.0. The SMILES string of the molecule is Cc1cc(CCC(C)C)oc(=O)c1C(=O)Nc1ncccc1C1CCCN1C. The lowest BCUT2D eigenvalue weighted by Crippen LogP contribution is -2.25. The fraction of sp³-hybridized carbons (Fsp3) is 0.500. The Kier molecular flexibility index (Phi) is 6.29. The zero-order valence-corrected chi connectivity index (χ0v) is 17.1. The molecule has 0 radical (unpaired) electrons. The van der Waals surface area contributed by atoms with Crippen molar-refractivity contribution in [3.63, 3.8) is 0 Å². The highest BCUT2D eigenvalue weighted by Crippen LogP contribution is 2.33. The van der Waals surface area contributed by atoms with Crippen LogP contribution in [0.5, 0.6) is 0 Å². The van der Waals surface area contributed by atoms with Crippen LogP contribution in [0.4, 0.5) is 5.82 Å². The van der Waals surface area contributed by atoms with E-state index in [2.05, 4.69) is 36.1 Å². The number of carbonyl (C=O) groups excluding carboxylic acids is 1. The Labute approximate surface area is 166 Å². The van der Waals surface area contributed by atoms with Gasteiger partial charge in [-0.05, 0) is 63.4 Å². The van der Waals surface area contributed by atoms with Crippen molar-refractivity contribution in [2.24, 2.45) is 5.92 Å². The Morgan fingerprint density at radius 3 is 2.86 bits per heavy atom. The van der Waals surface area contributed by atoms with E-state index in [1.54, 1.807) is 19.2 Å². The molecule has 3 rings (SSSR count). The first kappa shape index (κ1) is 20.3. The average Bonchev–Trinajstić information content (AvgIpc) is 3.05. The summed E-state index contributed by atoms with van der Waals surface area (Å²) in [6, 6.07) is 5.88. The highest BCUT2D eigenvalue weighted by molar-refractivity contribution is 6.04. The van der Waals surface area contributed by atoms with Crippen LogP contribution < -0.4 is 10.9 Å². The summed E-state index contributed by atoms with van der Waals surface area (Å²) in [6.45, 7) is 7.04. The maximum Gasteiger partial charge on any atom is 0.349 e. The van der Waals surface area contributed by atoms with E-state index in [-0.39, 0.29) is 11.6 Å². The van der Waals surface area contributed by atoms with Crippen LogP contribution in [0.25, 0.3) is 0 Å². The molecule has 1 atom stereocenters. The zero-order valence-electron chi connectivity index (χ0n) is 17.1. The topological polar surface area (TPSA) is 75.4 Å². The predicted molar refractivity (Wildman–Crippen MR) is 110 cm³/mol. The number of carbonyl (C=O) groups is 1. The van der Waals surface area contributed by atoms with Crippen LogP contribution >= 0.6 is 0 Å². The van der Waals surface area contributed by atoms with E-state index >= 15 is 0 Å². The van der Waals surface area contributed by atoms with Crippen molar-refractivity contribution < 1.29 is 9.21 Å². The lowest BCUT2D eigenvalue weighted by Gasteiger charge is -2.22. The fourth-order valence-corrected chi connectivity index (χ4v) is 3.76. The van der Waals surface area contributed by atoms with Gasteiger partial charge in [0.1, 0.15) is 17.1 Å². The third-order valence-electron chi connectivity index (χ3n) is 5.35. The first-order chi connectivity index (χ1) is 13.4. The maximum atomic E-state index is 12.9. The fourth-order valence-electron chi connectivity index (χ4n) is 3.76. The van der Waals surface area contributed by atoms with Gasteiger partial charge < -0.3 is 9.73 Å². The third-order valence-corrected chi connectivity index (χ3v) is 5.35. The first-order valence-electron chi connectivity index (χ1n) is 9.97. The quantitative estimate of drug-likeness (QED) is 0.817. The monoisotopic (exact) mass is 383 g/mol. The van der Waals surface area contributed by atoms with E-state index in [0.29, 0.717) is 29.5 Å². The number of hydrogen-bond acceptors (Lipinski definition) is 5. The standard InChI is InChI=1S/C22H29N3O3/c1-14(2)9-10-16-13-15(3)19(22(27)28-16)21(26)24-20-17(7-5-11-23-20)18-8-6-12-25(18)4/h5,7,11,13-14,18H,6,8-10,12H2,1-4H3,(H,23,24,26). The molecule has 1 unspecified atom stereocenters. The molecule has 2 aromatic rings. The molecule has 0 spiro atoms. The van der Waals surface area contributed by atoms with Gasteiger partial charge in [0.2, 0.25) is 0 Å². The van der Waals surface area contributed by atoms with E-state index in [0.717, 1.165) is 31.4 Å². The summed E-state index contributed by atoms with van der Waals surface area (Å²) in [4.78, 5) is 31.9. The zero-order chi connectivity index (χ0) is 20.3. The van der Waals surface area contributed by atoms with Crippen molar-refractivity contribution in [1.82, 2.24) is 9.88 Å². The van der Waals surface area contributed by atoms with Gasteiger partial charge in [-0.15, -0.1) is 0 Å². The molecular weight excluding hydrogens is 354 g/mol. The minimum atomic E-state index is -0.591. The molecular formula is C22H29N3O3. The molecule has 28 heavy (non-hydrogen) atoms. The summed E-state index contributed by atoms with van der Waals surface area (Å²) >= 11 is 0. The molecule has 1 amide bonds. The van der Waals surface area contributed by atoms with Gasteiger partial charge in [-0.2, -0.15) is 0 Å². The molecule has 1 aliphatic rings. The largest absolute Gasteiger partial charge is 0.427 e. The molecule has 2 aromatic heterocycles. The Balaban J connectivity index is 1.83. The summed E-state index contributed by atoms with van der Waals surface area (Å²) in [7, 11) is 2.07. The Morgan fingerprint density at radius 2 is 2.21 bits per heavy atom. The second kappa shape index (κ2) is 8.69. The van der Waals surface area contributed by atoms with Crippen LogP contribution in [-0.2, 0) is 6.42 Å². The van der Waals surface area contributed by atoms with Crippen LogP contribution in [0.3, 0.4) is 0 Å². The van der Waals surface area contributed by atoms with Gasteiger partial charge in [-0.1, -0.05) is 19.9 Å². The van der Waals surface area contributed by atoms with Crippen molar-refractivity contribution in [1.29, 1.82) is 0 Å². The number of nitrogens with zero attached hydrogens (tertiary/aromatic N) is 2. The van der Waals surface area contributed by atoms with Crippen LogP contribution in [0.2, 0.25) is 0 Å². The van der Waals surface area contributed by atoms with E-state index in [9.17, 15) is 9.59 Å². The van der Waals surface area contributed by atoms with Gasteiger partial charge >= 0.3 is 5.63 Å². The molecule has 0 saturated carbocycles. The number of aromatic nitrogens is 1. The van der Waals surface area contributed by atoms with E-state index < -0.39 is 11.5 Å². The van der Waals surface area contributed by atoms with E-state index in [1.165, 1.54) is 0 Å². The van der Waals surface area contributed by atoms with E-state index in [4.69, 9.17) is 4.42 Å². The van der Waals surface area contributed by atoms with Gasteiger partial charge in [0.25, 0.3) is 5.91 Å². The van der Waals surface area contributed by atoms with Gasteiger partial charge in [0.15, 0.2) is 0 Å². The maximum absolute atomic E-state index is 12.9. The summed E-state index contributed by atoms with van der Waals surface area (Å²) in [6.07, 6.45) is 5.41. The second-order valence-corrected chi connectivity index (χ2v) is 8.02. The van der Waals surface area contributed by atoms with E-state index in [1.807, 2.05) is 12.1 Å². The summed E-state index contributed by atoms with van der Waals surface area (Å²) < 4.78 is 5.40. The normalized spacial score (nSPS) is 17.2. The number of pyridine rings is 1. The van der Waals surface area contributed by atoms with Crippen LogP contribution in [0.15, 0.2) is 33.6 Å². The number of aryl methyl sites for hydroxylation is 2. The summed E-state index contributed by atoms with van der Waals surface area (Å²) in [5.74, 6) is 1.18. The molecule has 1 saturated heterocycles. The van der Waals surface area contributed by atoms with Gasteiger partial charge in [-0.3, -0.25) is 9.69 Å². The Morgan fingerprint density at radius 1 is 1.43 bits per heavy atom. The molecule has 1 aliphatic heterocycles. The molecule has 150 valence electrons. The highest BCUT2D eigenvalue weighted by Gasteiger charge is 2.26. The number of nitrogens with one attached hydrogen (secondary N) is 1. The molecule has 6 heteroatoms. The number of rotatable bonds is 6. The summed E-state index contributed by atoms with van der Waals surface area (Å²) in [5, 5.41) is 2.84. The Hall–Kier alpha value is -2.47. The van der Waals surface area contributed by atoms with Crippen molar-refractivity contribution >= 4 is 11.7 Å². The first-order valence-corrected chi connectivity index (χ1v) is 9.97. The molecule has 0 aromatic carbocycles. The predicted octanol–water partition coefficient (Wildman–Crippen LogP) is 3.95. The molecule has 1 fully saturated rings. The molecule has 6 nitrogen and oxygen atoms in total. The smallest absolute Gasteiger partial charge is 0.349 e. The molecule has 1 N–H and O–H groups in total. The highest BCUT2D eigenvalue weighted by atomic mass is 16.4. The number of likely N-dealkylation sites (tertiary alicyclic amines) is 1. The number of anilines is 1. The molecule has 3 heterocycles. The van der Waals surface area contributed by atoms with Crippen LogP contribution in [0, 0.1) is 12.8 Å². The van der Waals surface area contributed by atoms with Crippen molar-refractivity contribution in [3.8, 4) is 0 Å². The third kappa shape index (κ3) is 4.50. The summed E-state index contributed by atoms with van der Waals surface area (Å²) in [5.41, 5.74) is 1.06. The van der Waals surface area contributed by atoms with Gasteiger partial charge in [0, 0.05) is 24.2 Å². The van der Waals surface area contributed by atoms with Crippen molar-refractivity contribution in [2.75, 3.05) is 18.9 Å². The van der Waals surface area contributed by atoms with Gasteiger partial charge in [-0.25, -0.2) is 9.78 Å². The number of hydrogen-bond donors (Lipinski definition) is 1. The minimum absolute atomic E-state index is 0.0460. The average molecular weight is 383 g/mol. The molecule has 0 aliphatic carbocycles. The van der Waals surface area contributed by atoms with Crippen LogP contribution in [0.1, 0.15) is 66.4 Å². The number of amides is 1. The van der Waals surface area contributed by atoms with Crippen molar-refractivity contribution in [3.05, 3.63) is 57.3 Å². The van der Waals surface area contributed by atoms with Crippen LogP contribution in [-0.4, -0.2) is 29.4 Å². The van der Waals surface area contributed by atoms with Crippen molar-refractivity contribution in [2.45, 2.75) is 52.5 Å². The second-order valence-electron chi connectivity index (χ2n) is 8.02. The lowest BCUT2D eigenvalue weighted by molar-refractivity contribution is 0.102. The van der Waals surface area contributed by atoms with Gasteiger partial charge in [0.05, 0.1) is 0 Å². The Bertz CT molecular complexity index is 904. The minimum Gasteiger partial charge on any atom is -0.427 e.